The largest absolute Gasteiger partial charge is 0.494 e. The van der Waals surface area contributed by atoms with Gasteiger partial charge in [-0.2, -0.15) is 0 Å². The van der Waals surface area contributed by atoms with E-state index >= 15 is 0 Å². The average Bonchev–Trinajstić information content (AvgIpc) is 2.60. The molecule has 8 heteroatoms. The number of benzene rings is 1. The molecule has 1 aromatic rings. The molecule has 1 N–H and O–H groups in total. The van der Waals surface area contributed by atoms with Gasteiger partial charge in [0, 0.05) is 12.6 Å². The number of methoxy groups -OCH3 is 2. The van der Waals surface area contributed by atoms with Gasteiger partial charge in [-0.3, -0.25) is 14.9 Å². The molecular weight excluding hydrogens is 319 g/mol. The van der Waals surface area contributed by atoms with Crippen molar-refractivity contribution in [3.05, 3.63) is 28.1 Å². The van der Waals surface area contributed by atoms with Crippen molar-refractivity contribution >= 4 is 17.3 Å². The van der Waals surface area contributed by atoms with Gasteiger partial charge >= 0.3 is 5.97 Å². The van der Waals surface area contributed by atoms with Gasteiger partial charge in [0.15, 0.2) is 11.6 Å². The van der Waals surface area contributed by atoms with Crippen LogP contribution >= 0.6 is 0 Å². The normalized spacial score (nSPS) is 20.3. The number of esters is 1. The van der Waals surface area contributed by atoms with Crippen LogP contribution in [-0.4, -0.2) is 31.7 Å². The highest BCUT2D eigenvalue weighted by Crippen LogP contribution is 2.34. The minimum atomic E-state index is -0.770. The number of anilines is 1. The standard InChI is InChI=1S/C16H21FN2O5/c1-23-15-8-13(14(19(21)22)7-12(15)17)18-9-10-3-5-11(6-4-10)16(20)24-2/h7-8,10-11,18H,3-6,9H2,1-2H3. The Morgan fingerprint density at radius 1 is 1.33 bits per heavy atom. The van der Waals surface area contributed by atoms with Crippen LogP contribution in [0, 0.1) is 27.8 Å². The van der Waals surface area contributed by atoms with E-state index in [0.717, 1.165) is 31.7 Å². The van der Waals surface area contributed by atoms with Crippen LogP contribution in [0.25, 0.3) is 0 Å². The van der Waals surface area contributed by atoms with Crippen molar-refractivity contribution < 1.29 is 23.6 Å². The zero-order valence-corrected chi connectivity index (χ0v) is 13.7. The lowest BCUT2D eigenvalue weighted by molar-refractivity contribution is -0.384. The number of hydrogen-bond acceptors (Lipinski definition) is 6. The average molecular weight is 340 g/mol. The molecule has 0 aromatic heterocycles. The molecule has 0 spiro atoms. The van der Waals surface area contributed by atoms with Gasteiger partial charge in [0.2, 0.25) is 0 Å². The summed E-state index contributed by atoms with van der Waals surface area (Å²) in [6.45, 7) is 0.517. The Morgan fingerprint density at radius 3 is 2.54 bits per heavy atom. The van der Waals surface area contributed by atoms with Gasteiger partial charge in [0.05, 0.1) is 31.1 Å². The number of halogens is 1. The minimum Gasteiger partial charge on any atom is -0.494 e. The van der Waals surface area contributed by atoms with E-state index in [0.29, 0.717) is 12.5 Å². The molecule has 1 saturated carbocycles. The van der Waals surface area contributed by atoms with Crippen LogP contribution in [0.3, 0.4) is 0 Å². The molecule has 1 aliphatic carbocycles. The predicted octanol–water partition coefficient (Wildman–Crippen LogP) is 3.13. The summed E-state index contributed by atoms with van der Waals surface area (Å²) in [6.07, 6.45) is 3.15. The van der Waals surface area contributed by atoms with Crippen LogP contribution in [0.5, 0.6) is 5.75 Å². The second kappa shape index (κ2) is 7.94. The second-order valence-electron chi connectivity index (χ2n) is 5.88. The summed E-state index contributed by atoms with van der Waals surface area (Å²) in [4.78, 5) is 22.0. The van der Waals surface area contributed by atoms with E-state index in [1.54, 1.807) is 0 Å². The number of carbonyl (C=O) groups excluding carboxylic acids is 1. The van der Waals surface area contributed by atoms with E-state index in [1.807, 2.05) is 0 Å². The van der Waals surface area contributed by atoms with Crippen molar-refractivity contribution in [2.75, 3.05) is 26.1 Å². The lowest BCUT2D eigenvalue weighted by Crippen LogP contribution is -2.26. The maximum Gasteiger partial charge on any atom is 0.308 e. The van der Waals surface area contributed by atoms with Gasteiger partial charge in [-0.25, -0.2) is 4.39 Å². The molecule has 0 amide bonds. The zero-order valence-electron chi connectivity index (χ0n) is 13.7. The van der Waals surface area contributed by atoms with E-state index < -0.39 is 10.7 Å². The highest BCUT2D eigenvalue weighted by Gasteiger charge is 2.27. The summed E-state index contributed by atoms with van der Waals surface area (Å²) >= 11 is 0. The molecule has 0 unspecified atom stereocenters. The molecule has 0 saturated heterocycles. The van der Waals surface area contributed by atoms with Crippen molar-refractivity contribution in [1.82, 2.24) is 0 Å². The van der Waals surface area contributed by atoms with Gasteiger partial charge in [-0.05, 0) is 31.6 Å². The Balaban J connectivity index is 1.99. The summed E-state index contributed by atoms with van der Waals surface area (Å²) in [5.41, 5.74) is -0.0927. The molecule has 0 bridgehead atoms. The maximum atomic E-state index is 13.6. The number of nitrogens with zero attached hydrogens (tertiary/aromatic N) is 1. The molecule has 1 fully saturated rings. The number of rotatable bonds is 6. The third-order valence-corrected chi connectivity index (χ3v) is 4.43. The lowest BCUT2D eigenvalue weighted by atomic mass is 9.82. The number of nitro groups is 1. The first kappa shape index (κ1) is 18.0. The second-order valence-corrected chi connectivity index (χ2v) is 5.88. The van der Waals surface area contributed by atoms with Crippen molar-refractivity contribution in [2.45, 2.75) is 25.7 Å². The molecule has 24 heavy (non-hydrogen) atoms. The smallest absolute Gasteiger partial charge is 0.308 e. The summed E-state index contributed by atoms with van der Waals surface area (Å²) in [5.74, 6) is -0.765. The maximum absolute atomic E-state index is 13.6. The first-order chi connectivity index (χ1) is 11.5. The summed E-state index contributed by atoms with van der Waals surface area (Å²) in [5, 5.41) is 14.1. The van der Waals surface area contributed by atoms with Crippen LogP contribution in [0.1, 0.15) is 25.7 Å². The first-order valence-corrected chi connectivity index (χ1v) is 7.79. The number of ether oxygens (including phenoxy) is 2. The molecule has 0 atom stereocenters. The summed E-state index contributed by atoms with van der Waals surface area (Å²) < 4.78 is 23.3. The highest BCUT2D eigenvalue weighted by atomic mass is 19.1. The molecule has 0 radical (unpaired) electrons. The number of carbonyl (C=O) groups is 1. The Morgan fingerprint density at radius 2 is 2.00 bits per heavy atom. The fraction of sp³-hybridized carbons (Fsp3) is 0.562. The third kappa shape index (κ3) is 4.12. The third-order valence-electron chi connectivity index (χ3n) is 4.43. The van der Waals surface area contributed by atoms with Crippen molar-refractivity contribution in [3.8, 4) is 5.75 Å². The number of hydrogen-bond donors (Lipinski definition) is 1. The Labute approximate surface area is 139 Å². The van der Waals surface area contributed by atoms with E-state index in [9.17, 15) is 19.3 Å². The summed E-state index contributed by atoms with van der Waals surface area (Å²) in [6, 6.07) is 2.16. The van der Waals surface area contributed by atoms with Crippen LogP contribution in [0.15, 0.2) is 12.1 Å². The molecular formula is C16H21FN2O5. The van der Waals surface area contributed by atoms with E-state index in [4.69, 9.17) is 9.47 Å². The molecule has 1 aliphatic rings. The van der Waals surface area contributed by atoms with Gasteiger partial charge in [0.1, 0.15) is 5.69 Å². The van der Waals surface area contributed by atoms with Crippen molar-refractivity contribution in [3.63, 3.8) is 0 Å². The van der Waals surface area contributed by atoms with E-state index in [-0.39, 0.29) is 29.0 Å². The summed E-state index contributed by atoms with van der Waals surface area (Å²) in [7, 11) is 2.69. The van der Waals surface area contributed by atoms with Crippen LogP contribution in [0.4, 0.5) is 15.8 Å². The Kier molecular flexibility index (Phi) is 5.94. The van der Waals surface area contributed by atoms with Gasteiger partial charge < -0.3 is 14.8 Å². The van der Waals surface area contributed by atoms with Crippen LogP contribution in [0.2, 0.25) is 0 Å². The zero-order chi connectivity index (χ0) is 17.7. The topological polar surface area (TPSA) is 90.7 Å². The van der Waals surface area contributed by atoms with E-state index in [2.05, 4.69) is 5.32 Å². The fourth-order valence-corrected chi connectivity index (χ4v) is 3.02. The molecule has 0 heterocycles. The van der Waals surface area contributed by atoms with Crippen molar-refractivity contribution in [2.24, 2.45) is 11.8 Å². The Bertz CT molecular complexity index is 615. The lowest BCUT2D eigenvalue weighted by Gasteiger charge is -2.27. The molecule has 0 aliphatic heterocycles. The number of nitro benzene ring substituents is 1. The Hall–Kier alpha value is -2.38. The van der Waals surface area contributed by atoms with Gasteiger partial charge in [-0.15, -0.1) is 0 Å². The molecule has 132 valence electrons. The SMILES string of the molecule is COC(=O)C1CCC(CNc2cc(OC)c(F)cc2[N+](=O)[O-])CC1. The van der Waals surface area contributed by atoms with Gasteiger partial charge in [-0.1, -0.05) is 0 Å². The van der Waals surface area contributed by atoms with Crippen LogP contribution in [-0.2, 0) is 9.53 Å². The molecule has 1 aromatic carbocycles. The highest BCUT2D eigenvalue weighted by molar-refractivity contribution is 5.72. The first-order valence-electron chi connectivity index (χ1n) is 7.79. The monoisotopic (exact) mass is 340 g/mol. The quantitative estimate of drug-likeness (QED) is 0.486. The van der Waals surface area contributed by atoms with Crippen molar-refractivity contribution in [1.29, 1.82) is 0 Å². The van der Waals surface area contributed by atoms with Crippen LogP contribution < -0.4 is 10.1 Å². The van der Waals surface area contributed by atoms with E-state index in [1.165, 1.54) is 20.3 Å². The minimum absolute atomic E-state index is 0.0440. The fourth-order valence-electron chi connectivity index (χ4n) is 3.02. The molecule has 2 rings (SSSR count). The number of nitrogens with one attached hydrogen (secondary N) is 1. The molecule has 7 nitrogen and oxygen atoms in total. The predicted molar refractivity (Wildman–Crippen MR) is 85.6 cm³/mol. The van der Waals surface area contributed by atoms with Gasteiger partial charge in [0.25, 0.3) is 5.69 Å².